The molecule has 0 fully saturated rings. The van der Waals surface area contributed by atoms with Gasteiger partial charge in [0.15, 0.2) is 5.78 Å². The number of hydrogen-bond donors (Lipinski definition) is 1. The Morgan fingerprint density at radius 2 is 1.33 bits per heavy atom. The maximum atomic E-state index is 13.0. The summed E-state index contributed by atoms with van der Waals surface area (Å²) < 4.78 is 16.0. The van der Waals surface area contributed by atoms with Crippen LogP contribution in [0.15, 0.2) is 72.8 Å². The van der Waals surface area contributed by atoms with Gasteiger partial charge in [0.2, 0.25) is 0 Å². The highest BCUT2D eigenvalue weighted by atomic mass is 16.5. The minimum Gasteiger partial charge on any atom is -0.497 e. The van der Waals surface area contributed by atoms with Crippen LogP contribution in [-0.2, 0) is 0 Å². The Kier molecular flexibility index (Phi) is 7.33. The van der Waals surface area contributed by atoms with Gasteiger partial charge in [0, 0.05) is 17.7 Å². The molecule has 0 heterocycles. The number of carbonyl (C=O) groups is 1. The third-order valence-electron chi connectivity index (χ3n) is 4.83. The first-order valence-corrected chi connectivity index (χ1v) is 9.93. The van der Waals surface area contributed by atoms with Crippen LogP contribution in [0.5, 0.6) is 17.2 Å². The zero-order valence-electron chi connectivity index (χ0n) is 17.6. The van der Waals surface area contributed by atoms with Gasteiger partial charge in [0.25, 0.3) is 0 Å². The first-order chi connectivity index (χ1) is 14.6. The predicted octanol–water partition coefficient (Wildman–Crippen LogP) is 5.53. The highest BCUT2D eigenvalue weighted by molar-refractivity contribution is 5.96. The molecule has 0 aliphatic carbocycles. The van der Waals surface area contributed by atoms with Crippen molar-refractivity contribution >= 4 is 11.5 Å². The molecule has 3 rings (SSSR count). The summed E-state index contributed by atoms with van der Waals surface area (Å²) in [6, 6.07) is 22.5. The fourth-order valence-corrected chi connectivity index (χ4v) is 3.18. The van der Waals surface area contributed by atoms with Crippen LogP contribution in [0.3, 0.4) is 0 Å². The molecule has 3 aromatic carbocycles. The van der Waals surface area contributed by atoms with Crippen molar-refractivity contribution in [3.05, 3.63) is 83.9 Å². The second-order valence-electron chi connectivity index (χ2n) is 6.78. The molecule has 30 heavy (non-hydrogen) atoms. The zero-order chi connectivity index (χ0) is 21.3. The molecule has 0 aliphatic heterocycles. The Bertz CT molecular complexity index is 934. The summed E-state index contributed by atoms with van der Waals surface area (Å²) in [7, 11) is 3.25. The molecule has 156 valence electrons. The number of Topliss-reactive ketones (excluding diaryl/α,β-unsaturated/α-hetero) is 1. The summed E-state index contributed by atoms with van der Waals surface area (Å²) in [5.41, 5.74) is 2.58. The highest BCUT2D eigenvalue weighted by Gasteiger charge is 2.18. The van der Waals surface area contributed by atoms with Gasteiger partial charge in [-0.25, -0.2) is 0 Å². The molecule has 3 aromatic rings. The molecule has 1 atom stereocenters. The molecule has 0 radical (unpaired) electrons. The molecular weight excluding hydrogens is 378 g/mol. The van der Waals surface area contributed by atoms with Crippen molar-refractivity contribution in [3.8, 4) is 17.2 Å². The third kappa shape index (κ3) is 5.54. The lowest BCUT2D eigenvalue weighted by Crippen LogP contribution is -2.16. The first-order valence-electron chi connectivity index (χ1n) is 9.93. The molecule has 0 saturated carbocycles. The Hall–Kier alpha value is -3.47. The molecular formula is C25H27NO4. The molecule has 0 aliphatic rings. The van der Waals surface area contributed by atoms with Crippen molar-refractivity contribution in [2.45, 2.75) is 19.4 Å². The number of methoxy groups -OCH3 is 2. The average molecular weight is 405 g/mol. The number of anilines is 1. The number of benzene rings is 3. The van der Waals surface area contributed by atoms with Crippen LogP contribution < -0.4 is 19.5 Å². The molecule has 5 nitrogen and oxygen atoms in total. The van der Waals surface area contributed by atoms with E-state index in [9.17, 15) is 4.79 Å². The summed E-state index contributed by atoms with van der Waals surface area (Å²) in [6.45, 7) is 2.58. The largest absolute Gasteiger partial charge is 0.497 e. The van der Waals surface area contributed by atoms with Gasteiger partial charge in [-0.3, -0.25) is 4.79 Å². The number of rotatable bonds is 10. The predicted molar refractivity (Wildman–Crippen MR) is 119 cm³/mol. The van der Waals surface area contributed by atoms with Gasteiger partial charge in [-0.05, 0) is 73.2 Å². The number of ether oxygens (including phenoxy) is 3. The number of carbonyl (C=O) groups excluding carboxylic acids is 1. The molecule has 1 unspecified atom stereocenters. The van der Waals surface area contributed by atoms with E-state index in [1.807, 2.05) is 55.5 Å². The molecule has 0 bridgehead atoms. The monoisotopic (exact) mass is 405 g/mol. The van der Waals surface area contributed by atoms with E-state index in [1.54, 1.807) is 38.5 Å². The molecule has 1 N–H and O–H groups in total. The summed E-state index contributed by atoms with van der Waals surface area (Å²) >= 11 is 0. The highest BCUT2D eigenvalue weighted by Crippen LogP contribution is 2.27. The number of ketones is 1. The van der Waals surface area contributed by atoms with E-state index in [0.29, 0.717) is 18.6 Å². The SMILES string of the molecule is CCOc1ccc(NC(CC(=O)c2ccc(OC)cc2)c2ccc(OC)cc2)cc1. The van der Waals surface area contributed by atoms with Crippen molar-refractivity contribution in [1.29, 1.82) is 0 Å². The van der Waals surface area contributed by atoms with Gasteiger partial charge in [-0.15, -0.1) is 0 Å². The lowest BCUT2D eigenvalue weighted by molar-refractivity contribution is 0.0976. The maximum Gasteiger partial charge on any atom is 0.165 e. The second kappa shape index (κ2) is 10.3. The Balaban J connectivity index is 1.81. The summed E-state index contributed by atoms with van der Waals surface area (Å²) in [4.78, 5) is 13.0. The van der Waals surface area contributed by atoms with E-state index in [2.05, 4.69) is 5.32 Å². The molecule has 0 spiro atoms. The zero-order valence-corrected chi connectivity index (χ0v) is 17.6. The number of nitrogens with one attached hydrogen (secondary N) is 1. The quantitative estimate of drug-likeness (QED) is 0.450. The summed E-state index contributed by atoms with van der Waals surface area (Å²) in [5.74, 6) is 2.38. The molecule has 5 heteroatoms. The fraction of sp³-hybridized carbons (Fsp3) is 0.240. The summed E-state index contributed by atoms with van der Waals surface area (Å²) in [5, 5.41) is 3.48. The lowest BCUT2D eigenvalue weighted by Gasteiger charge is -2.21. The van der Waals surface area contributed by atoms with Gasteiger partial charge in [0.05, 0.1) is 26.9 Å². The van der Waals surface area contributed by atoms with Crippen molar-refractivity contribution in [2.24, 2.45) is 0 Å². The van der Waals surface area contributed by atoms with E-state index in [-0.39, 0.29) is 11.8 Å². The minimum atomic E-state index is -0.191. The van der Waals surface area contributed by atoms with E-state index in [1.165, 1.54) is 0 Å². The van der Waals surface area contributed by atoms with E-state index >= 15 is 0 Å². The molecule has 0 amide bonds. The maximum absolute atomic E-state index is 13.0. The van der Waals surface area contributed by atoms with Crippen molar-refractivity contribution in [3.63, 3.8) is 0 Å². The second-order valence-corrected chi connectivity index (χ2v) is 6.78. The van der Waals surface area contributed by atoms with Crippen LogP contribution in [0.4, 0.5) is 5.69 Å². The first kappa shape index (κ1) is 21.2. The standard InChI is InChI=1S/C25H27NO4/c1-4-30-23-15-9-20(10-16-23)26-24(18-5-11-21(28-2)12-6-18)17-25(27)19-7-13-22(29-3)14-8-19/h5-16,24,26H,4,17H2,1-3H3. The Morgan fingerprint density at radius 1 is 0.800 bits per heavy atom. The van der Waals surface area contributed by atoms with Gasteiger partial charge in [-0.2, -0.15) is 0 Å². The molecule has 0 aromatic heterocycles. The van der Waals surface area contributed by atoms with Crippen molar-refractivity contribution in [1.82, 2.24) is 0 Å². The van der Waals surface area contributed by atoms with Crippen LogP contribution >= 0.6 is 0 Å². The molecule has 0 saturated heterocycles. The topological polar surface area (TPSA) is 56.8 Å². The van der Waals surface area contributed by atoms with Gasteiger partial charge in [-0.1, -0.05) is 12.1 Å². The van der Waals surface area contributed by atoms with Crippen LogP contribution in [0, 0.1) is 0 Å². The Morgan fingerprint density at radius 3 is 1.87 bits per heavy atom. The summed E-state index contributed by atoms with van der Waals surface area (Å²) in [6.07, 6.45) is 0.311. The van der Waals surface area contributed by atoms with E-state index < -0.39 is 0 Å². The third-order valence-corrected chi connectivity index (χ3v) is 4.83. The van der Waals surface area contributed by atoms with E-state index in [0.717, 1.165) is 28.5 Å². The normalized spacial score (nSPS) is 11.4. The van der Waals surface area contributed by atoms with Crippen LogP contribution in [-0.4, -0.2) is 26.6 Å². The van der Waals surface area contributed by atoms with Crippen molar-refractivity contribution in [2.75, 3.05) is 26.1 Å². The van der Waals surface area contributed by atoms with E-state index in [4.69, 9.17) is 14.2 Å². The van der Waals surface area contributed by atoms with Gasteiger partial charge in [0.1, 0.15) is 17.2 Å². The van der Waals surface area contributed by atoms with Crippen LogP contribution in [0.1, 0.15) is 35.3 Å². The van der Waals surface area contributed by atoms with Crippen molar-refractivity contribution < 1.29 is 19.0 Å². The smallest absolute Gasteiger partial charge is 0.165 e. The van der Waals surface area contributed by atoms with Gasteiger partial charge < -0.3 is 19.5 Å². The van der Waals surface area contributed by atoms with Gasteiger partial charge >= 0.3 is 0 Å². The van der Waals surface area contributed by atoms with Crippen LogP contribution in [0.2, 0.25) is 0 Å². The number of hydrogen-bond acceptors (Lipinski definition) is 5. The van der Waals surface area contributed by atoms with Crippen LogP contribution in [0.25, 0.3) is 0 Å². The Labute approximate surface area is 177 Å². The lowest BCUT2D eigenvalue weighted by atomic mass is 9.97. The average Bonchev–Trinajstić information content (AvgIpc) is 2.80. The minimum absolute atomic E-state index is 0.0527. The fourth-order valence-electron chi connectivity index (χ4n) is 3.18.